The second-order valence-electron chi connectivity index (χ2n) is 8.74. The van der Waals surface area contributed by atoms with Crippen LogP contribution in [0.15, 0.2) is 60.7 Å². The molecule has 4 aromatic carbocycles. The predicted molar refractivity (Wildman–Crippen MR) is 119 cm³/mol. The third kappa shape index (κ3) is 2.99. The first-order valence-corrected chi connectivity index (χ1v) is 10.3. The summed E-state index contributed by atoms with van der Waals surface area (Å²) in [5, 5.41) is 0. The minimum absolute atomic E-state index is 0. The molecule has 143 valence electrons. The maximum atomic E-state index is 3.62. The van der Waals surface area contributed by atoms with Crippen LogP contribution in [0.3, 0.4) is 0 Å². The van der Waals surface area contributed by atoms with Crippen LogP contribution < -0.4 is 29.6 Å². The minimum atomic E-state index is -0.279. The number of hydrogen-bond acceptors (Lipinski definition) is 0. The summed E-state index contributed by atoms with van der Waals surface area (Å²) in [5.74, 6) is 0. The Bertz CT molecular complexity index is 1300. The zero-order valence-corrected chi connectivity index (χ0v) is 25.7. The number of hydrogen-bond donors (Lipinski definition) is 0. The molecule has 0 bridgehead atoms. The maximum absolute atomic E-state index is 3.62. The van der Waals surface area contributed by atoms with Crippen molar-refractivity contribution in [3.63, 3.8) is 0 Å². The second-order valence-corrected chi connectivity index (χ2v) is 8.74. The van der Waals surface area contributed by atoms with Gasteiger partial charge in [-0.05, 0) is 42.9 Å². The van der Waals surface area contributed by atoms with Gasteiger partial charge < -0.3 is 0 Å². The van der Waals surface area contributed by atoms with Crippen LogP contribution >= 0.6 is 0 Å². The zero-order chi connectivity index (χ0) is 19.9. The van der Waals surface area contributed by atoms with Crippen LogP contribution in [0.4, 0.5) is 0 Å². The molecular weight excluding hydrogens is 602 g/mol. The molecule has 0 nitrogen and oxygen atoms in total. The van der Waals surface area contributed by atoms with Crippen molar-refractivity contribution < 1.29 is 61.9 Å². The van der Waals surface area contributed by atoms with Gasteiger partial charge in [0, 0.05) is 32.3 Å². The van der Waals surface area contributed by atoms with Crippen LogP contribution in [-0.2, 0) is 5.41 Å². The Kier molecular flexibility index (Phi) is 6.03. The standard InChI is InChI=1S/C29H22.Na.Pa/c1-17-9-11-21-22-12-10-18(2)15-26(22)29(25(21)14-17)24-8-6-5-7-23(24)28-20(4)13-19(3)16-27(28)29;;/h5,7-11,13-16H,1-4H3;;/q-2;+1;. The van der Waals surface area contributed by atoms with Gasteiger partial charge >= 0.3 is 29.6 Å². The summed E-state index contributed by atoms with van der Waals surface area (Å²) >= 11 is 0. The molecule has 0 saturated carbocycles. The number of aryl methyl sites for hydroxylation is 4. The van der Waals surface area contributed by atoms with Crippen molar-refractivity contribution in [3.05, 3.63) is 117 Å². The Morgan fingerprint density at radius 2 is 1.42 bits per heavy atom. The molecule has 1 atom stereocenters. The fourth-order valence-corrected chi connectivity index (χ4v) is 5.76. The maximum Gasteiger partial charge on any atom is 1.00 e. The van der Waals surface area contributed by atoms with Gasteiger partial charge in [0.05, 0.1) is 0 Å². The molecule has 0 aromatic heterocycles. The van der Waals surface area contributed by atoms with E-state index in [1.165, 1.54) is 66.8 Å². The summed E-state index contributed by atoms with van der Waals surface area (Å²) in [7, 11) is 0. The third-order valence-electron chi connectivity index (χ3n) is 6.76. The van der Waals surface area contributed by atoms with Gasteiger partial charge in [-0.3, -0.25) is 0 Å². The van der Waals surface area contributed by atoms with Crippen LogP contribution in [0.5, 0.6) is 0 Å². The quantitative estimate of drug-likeness (QED) is 0.178. The number of benzene rings is 4. The van der Waals surface area contributed by atoms with Crippen molar-refractivity contribution in [2.75, 3.05) is 0 Å². The predicted octanol–water partition coefficient (Wildman–Crippen LogP) is 3.87. The van der Waals surface area contributed by atoms with Crippen LogP contribution in [-0.4, -0.2) is 0 Å². The molecule has 2 heteroatoms. The Labute approximate surface area is 232 Å². The summed E-state index contributed by atoms with van der Waals surface area (Å²) in [5.41, 5.74) is 15.8. The molecule has 0 saturated heterocycles. The van der Waals surface area contributed by atoms with E-state index >= 15 is 0 Å². The number of rotatable bonds is 0. The van der Waals surface area contributed by atoms with Crippen LogP contribution in [0, 0.1) is 72.1 Å². The summed E-state index contributed by atoms with van der Waals surface area (Å²) in [6.45, 7) is 8.83. The summed E-state index contributed by atoms with van der Waals surface area (Å²) in [6, 6.07) is 29.7. The monoisotopic (exact) mass is 624 g/mol. The molecule has 6 rings (SSSR count). The van der Waals surface area contributed by atoms with Gasteiger partial charge in [-0.1, -0.05) is 59.5 Å². The molecule has 2 aliphatic carbocycles. The van der Waals surface area contributed by atoms with E-state index in [1.54, 1.807) is 0 Å². The topological polar surface area (TPSA) is 0 Å². The molecule has 0 heterocycles. The first-order valence-electron chi connectivity index (χ1n) is 10.3. The SMILES string of the molecule is Cc1c[c-]c2c(c1)C1(c3cc(C)ccc3-2)c2c[c-]ccc2-c2c(C)cc(C)cc21.[Na+].[Pa]. The van der Waals surface area contributed by atoms with Gasteiger partial charge in [0.1, 0.15) is 0 Å². The van der Waals surface area contributed by atoms with Crippen LogP contribution in [0.2, 0.25) is 0 Å². The Balaban J connectivity index is 0.00000116. The van der Waals surface area contributed by atoms with E-state index < -0.39 is 0 Å². The van der Waals surface area contributed by atoms with Crippen LogP contribution in [0.1, 0.15) is 44.5 Å². The van der Waals surface area contributed by atoms with Gasteiger partial charge in [-0.25, -0.2) is 0 Å². The van der Waals surface area contributed by atoms with Crippen molar-refractivity contribution in [3.8, 4) is 22.3 Å². The fourth-order valence-electron chi connectivity index (χ4n) is 5.76. The van der Waals surface area contributed by atoms with Crippen LogP contribution in [0.25, 0.3) is 22.3 Å². The summed E-state index contributed by atoms with van der Waals surface area (Å²) < 4.78 is 0. The smallest absolute Gasteiger partial charge is 0.183 e. The molecule has 31 heavy (non-hydrogen) atoms. The van der Waals surface area contributed by atoms with E-state index in [-0.39, 0.29) is 67.3 Å². The average Bonchev–Trinajstić information content (AvgIpc) is 3.14. The Morgan fingerprint density at radius 3 is 2.23 bits per heavy atom. The van der Waals surface area contributed by atoms with Crippen molar-refractivity contribution in [2.24, 2.45) is 0 Å². The number of fused-ring (bicyclic) bond motifs is 10. The summed E-state index contributed by atoms with van der Waals surface area (Å²) in [6.07, 6.45) is 0. The average molecular weight is 625 g/mol. The molecule has 0 N–H and O–H groups in total. The Hall–Kier alpha value is -1.03. The van der Waals surface area contributed by atoms with Gasteiger partial charge in [0.15, 0.2) is 0 Å². The van der Waals surface area contributed by atoms with Gasteiger partial charge in [-0.15, -0.1) is 46.0 Å². The van der Waals surface area contributed by atoms with E-state index in [0.717, 1.165) is 0 Å². The van der Waals surface area contributed by atoms with Crippen molar-refractivity contribution in [2.45, 2.75) is 33.1 Å². The van der Waals surface area contributed by atoms with E-state index in [0.29, 0.717) is 0 Å². The molecule has 0 fully saturated rings. The second kappa shape index (κ2) is 8.08. The summed E-state index contributed by atoms with van der Waals surface area (Å²) in [4.78, 5) is 0. The first kappa shape index (κ1) is 23.1. The molecule has 0 aliphatic heterocycles. The van der Waals surface area contributed by atoms with Crippen molar-refractivity contribution in [1.82, 2.24) is 0 Å². The van der Waals surface area contributed by atoms with E-state index in [2.05, 4.69) is 100 Å². The fraction of sp³-hybridized carbons (Fsp3) is 0.172. The van der Waals surface area contributed by atoms with E-state index in [9.17, 15) is 0 Å². The van der Waals surface area contributed by atoms with Gasteiger partial charge in [0.25, 0.3) is 0 Å². The largest absolute Gasteiger partial charge is 1.00 e. The molecule has 1 radical (unpaired) electrons. The Morgan fingerprint density at radius 1 is 0.677 bits per heavy atom. The minimum Gasteiger partial charge on any atom is -0.183 e. The molecule has 1 unspecified atom stereocenters. The van der Waals surface area contributed by atoms with Gasteiger partial charge in [-0.2, -0.15) is 24.3 Å². The molecule has 4 aromatic rings. The van der Waals surface area contributed by atoms with E-state index in [4.69, 9.17) is 0 Å². The van der Waals surface area contributed by atoms with Crippen molar-refractivity contribution >= 4 is 0 Å². The molecule has 2 aliphatic rings. The van der Waals surface area contributed by atoms with Crippen molar-refractivity contribution in [1.29, 1.82) is 0 Å². The molecular formula is C29H22NaPa-. The third-order valence-corrected chi connectivity index (χ3v) is 6.76. The first-order chi connectivity index (χ1) is 14.0. The normalized spacial score (nSPS) is 16.6. The van der Waals surface area contributed by atoms with E-state index in [1.807, 2.05) is 0 Å². The molecule has 1 spiro atoms. The zero-order valence-electron chi connectivity index (χ0n) is 18.9. The van der Waals surface area contributed by atoms with Gasteiger partial charge in [0.2, 0.25) is 0 Å². The molecule has 0 amide bonds.